The largest absolute Gasteiger partial charge is 0.381 e. The van der Waals surface area contributed by atoms with Crippen LogP contribution in [0, 0.1) is 0 Å². The zero-order valence-corrected chi connectivity index (χ0v) is 14.9. The molecule has 0 radical (unpaired) electrons. The van der Waals surface area contributed by atoms with Crippen molar-refractivity contribution >= 4 is 10.0 Å². The fraction of sp³-hybridized carbons (Fsp3) is 0.647. The first-order valence-electron chi connectivity index (χ1n) is 8.36. The zero-order chi connectivity index (χ0) is 16.8. The third kappa shape index (κ3) is 5.28. The van der Waals surface area contributed by atoms with Crippen molar-refractivity contribution in [3.05, 3.63) is 35.9 Å². The zero-order valence-electron chi connectivity index (χ0n) is 14.0. The second-order valence-corrected chi connectivity index (χ2v) is 8.20. The van der Waals surface area contributed by atoms with Crippen LogP contribution in [0.4, 0.5) is 0 Å². The minimum atomic E-state index is -3.17. The highest BCUT2D eigenvalue weighted by molar-refractivity contribution is 7.89. The highest BCUT2D eigenvalue weighted by Gasteiger charge is 2.35. The van der Waals surface area contributed by atoms with E-state index in [1.165, 1.54) is 5.56 Å². The van der Waals surface area contributed by atoms with Gasteiger partial charge in [-0.1, -0.05) is 37.3 Å². The van der Waals surface area contributed by atoms with Crippen molar-refractivity contribution in [1.82, 2.24) is 10.0 Å². The van der Waals surface area contributed by atoms with E-state index in [4.69, 9.17) is 4.74 Å². The molecule has 23 heavy (non-hydrogen) atoms. The molecule has 2 N–H and O–H groups in total. The summed E-state index contributed by atoms with van der Waals surface area (Å²) in [6, 6.07) is 10.4. The summed E-state index contributed by atoms with van der Waals surface area (Å²) in [7, 11) is -3.17. The van der Waals surface area contributed by atoms with Crippen LogP contribution < -0.4 is 10.0 Å². The predicted octanol–water partition coefficient (Wildman–Crippen LogP) is 2.00. The van der Waals surface area contributed by atoms with Gasteiger partial charge in [0.15, 0.2) is 0 Å². The maximum atomic E-state index is 11.8. The highest BCUT2D eigenvalue weighted by Crippen LogP contribution is 2.32. The van der Waals surface area contributed by atoms with E-state index in [1.807, 2.05) is 32.0 Å². The highest BCUT2D eigenvalue weighted by atomic mass is 32.2. The van der Waals surface area contributed by atoms with Gasteiger partial charge in [0.25, 0.3) is 0 Å². The Morgan fingerprint density at radius 2 is 1.87 bits per heavy atom. The summed E-state index contributed by atoms with van der Waals surface area (Å²) in [6.45, 7) is 5.73. The summed E-state index contributed by atoms with van der Waals surface area (Å²) < 4.78 is 31.9. The van der Waals surface area contributed by atoms with Crippen LogP contribution in [-0.4, -0.2) is 40.0 Å². The van der Waals surface area contributed by atoms with Gasteiger partial charge >= 0.3 is 0 Å². The molecule has 2 rings (SSSR count). The van der Waals surface area contributed by atoms with Gasteiger partial charge in [0, 0.05) is 31.3 Å². The minimum absolute atomic E-state index is 0.0416. The van der Waals surface area contributed by atoms with Crippen LogP contribution in [0.1, 0.15) is 38.7 Å². The van der Waals surface area contributed by atoms with Gasteiger partial charge in [-0.3, -0.25) is 0 Å². The molecule has 0 spiro atoms. The number of rotatable bonds is 8. The summed E-state index contributed by atoms with van der Waals surface area (Å²) in [4.78, 5) is 0. The quantitative estimate of drug-likeness (QED) is 0.759. The second-order valence-electron chi connectivity index (χ2n) is 6.27. The van der Waals surface area contributed by atoms with E-state index in [0.717, 1.165) is 26.1 Å². The van der Waals surface area contributed by atoms with Gasteiger partial charge in [-0.2, -0.15) is 0 Å². The lowest BCUT2D eigenvalue weighted by Gasteiger charge is -2.41. The van der Waals surface area contributed by atoms with Crippen LogP contribution in [0.2, 0.25) is 0 Å². The predicted molar refractivity (Wildman–Crippen MR) is 92.9 cm³/mol. The summed E-state index contributed by atoms with van der Waals surface area (Å²) in [6.07, 6.45) is 2.41. The normalized spacial score (nSPS) is 19.4. The van der Waals surface area contributed by atoms with Crippen LogP contribution in [0.5, 0.6) is 0 Å². The van der Waals surface area contributed by atoms with Gasteiger partial charge in [0.1, 0.15) is 0 Å². The molecule has 1 saturated heterocycles. The second kappa shape index (κ2) is 8.24. The first kappa shape index (κ1) is 18.4. The van der Waals surface area contributed by atoms with Crippen molar-refractivity contribution < 1.29 is 13.2 Å². The van der Waals surface area contributed by atoms with Crippen molar-refractivity contribution in [2.75, 3.05) is 25.5 Å². The molecule has 130 valence electrons. The number of benzene rings is 1. The van der Waals surface area contributed by atoms with E-state index in [1.54, 1.807) is 0 Å². The van der Waals surface area contributed by atoms with Crippen molar-refractivity contribution in [3.8, 4) is 0 Å². The molecule has 0 aromatic heterocycles. The Bertz CT molecular complexity index is 569. The molecule has 0 aliphatic carbocycles. The molecule has 1 heterocycles. The fourth-order valence-electron chi connectivity index (χ4n) is 3.11. The van der Waals surface area contributed by atoms with Crippen molar-refractivity contribution in [2.24, 2.45) is 0 Å². The lowest BCUT2D eigenvalue weighted by Crippen LogP contribution is -2.53. The Morgan fingerprint density at radius 3 is 2.48 bits per heavy atom. The van der Waals surface area contributed by atoms with Crippen LogP contribution in [0.3, 0.4) is 0 Å². The molecule has 5 nitrogen and oxygen atoms in total. The maximum absolute atomic E-state index is 11.8. The van der Waals surface area contributed by atoms with Crippen molar-refractivity contribution in [3.63, 3.8) is 0 Å². The molecular formula is C17H28N2O3S. The van der Waals surface area contributed by atoms with Crippen LogP contribution in [-0.2, 0) is 20.3 Å². The molecule has 1 aromatic carbocycles. The molecule has 6 heteroatoms. The molecule has 0 amide bonds. The van der Waals surface area contributed by atoms with E-state index < -0.39 is 10.0 Å². The summed E-state index contributed by atoms with van der Waals surface area (Å²) in [5.41, 5.74) is 1.10. The molecule has 1 aliphatic rings. The number of nitrogens with one attached hydrogen (secondary N) is 2. The number of ether oxygens (including phenoxy) is 1. The topological polar surface area (TPSA) is 67.4 Å². The standard InChI is InChI=1S/C17H28N2O3S/c1-3-13-23(20,21)18-14-15(2)19-17(9-11-22-12-10-17)16-7-5-4-6-8-16/h4-8,15,18-19H,3,9-14H2,1-2H3/t15-/m1/s1. The van der Waals surface area contributed by atoms with Crippen molar-refractivity contribution in [2.45, 2.75) is 44.7 Å². The first-order valence-corrected chi connectivity index (χ1v) is 10.0. The summed E-state index contributed by atoms with van der Waals surface area (Å²) in [5.74, 6) is 0.178. The van der Waals surface area contributed by atoms with E-state index in [2.05, 4.69) is 22.2 Å². The van der Waals surface area contributed by atoms with Gasteiger partial charge in [0.05, 0.1) is 5.75 Å². The number of hydrogen-bond donors (Lipinski definition) is 2. The molecular weight excluding hydrogens is 312 g/mol. The van der Waals surface area contributed by atoms with E-state index in [9.17, 15) is 8.42 Å². The third-order valence-corrected chi connectivity index (χ3v) is 5.83. The number of sulfonamides is 1. The molecule has 0 bridgehead atoms. The smallest absolute Gasteiger partial charge is 0.211 e. The molecule has 1 aromatic rings. The third-order valence-electron chi connectivity index (χ3n) is 4.28. The Labute approximate surface area is 139 Å². The van der Waals surface area contributed by atoms with E-state index >= 15 is 0 Å². The van der Waals surface area contributed by atoms with Gasteiger partial charge in [0.2, 0.25) is 10.0 Å². The van der Waals surface area contributed by atoms with E-state index in [-0.39, 0.29) is 17.3 Å². The average Bonchev–Trinajstić information content (AvgIpc) is 2.55. The lowest BCUT2D eigenvalue weighted by atomic mass is 9.82. The Balaban J connectivity index is 2.04. The van der Waals surface area contributed by atoms with Crippen molar-refractivity contribution in [1.29, 1.82) is 0 Å². The van der Waals surface area contributed by atoms with Gasteiger partial charge in [-0.25, -0.2) is 13.1 Å². The molecule has 1 atom stereocenters. The molecule has 0 unspecified atom stereocenters. The summed E-state index contributed by atoms with van der Waals surface area (Å²) in [5, 5.41) is 3.66. The monoisotopic (exact) mass is 340 g/mol. The van der Waals surface area contributed by atoms with Crippen LogP contribution >= 0.6 is 0 Å². The van der Waals surface area contributed by atoms with Gasteiger partial charge < -0.3 is 10.1 Å². The fourth-order valence-corrected chi connectivity index (χ4v) is 4.29. The van der Waals surface area contributed by atoms with Gasteiger partial charge in [-0.05, 0) is 31.7 Å². The van der Waals surface area contributed by atoms with Crippen LogP contribution in [0.15, 0.2) is 30.3 Å². The molecule has 1 fully saturated rings. The van der Waals surface area contributed by atoms with Gasteiger partial charge in [-0.15, -0.1) is 0 Å². The Kier molecular flexibility index (Phi) is 6.59. The Hall–Kier alpha value is -0.950. The minimum Gasteiger partial charge on any atom is -0.381 e. The average molecular weight is 340 g/mol. The maximum Gasteiger partial charge on any atom is 0.211 e. The summed E-state index contributed by atoms with van der Waals surface area (Å²) >= 11 is 0. The Morgan fingerprint density at radius 1 is 1.22 bits per heavy atom. The van der Waals surface area contributed by atoms with Crippen LogP contribution in [0.25, 0.3) is 0 Å². The number of hydrogen-bond acceptors (Lipinski definition) is 4. The van der Waals surface area contributed by atoms with E-state index in [0.29, 0.717) is 13.0 Å². The lowest BCUT2D eigenvalue weighted by molar-refractivity contribution is 0.0325. The SMILES string of the molecule is CCCS(=O)(=O)NC[C@@H](C)NC1(c2ccccc2)CCOCC1. The first-order chi connectivity index (χ1) is 11.0. The molecule has 0 saturated carbocycles. The molecule has 1 aliphatic heterocycles.